The lowest BCUT2D eigenvalue weighted by Crippen LogP contribution is -2.31. The summed E-state index contributed by atoms with van der Waals surface area (Å²) in [5, 5.41) is 0. The summed E-state index contributed by atoms with van der Waals surface area (Å²) in [6.07, 6.45) is 7.29. The molecule has 2 heterocycles. The molecule has 0 aromatic rings. The highest BCUT2D eigenvalue weighted by molar-refractivity contribution is 5.99. The summed E-state index contributed by atoms with van der Waals surface area (Å²) in [6, 6.07) is -0.0888. The van der Waals surface area contributed by atoms with Crippen LogP contribution in [-0.2, 0) is 9.53 Å². The van der Waals surface area contributed by atoms with Crippen molar-refractivity contribution in [3.8, 4) is 0 Å². The first kappa shape index (κ1) is 9.83. The third-order valence-corrected chi connectivity index (χ3v) is 2.43. The van der Waals surface area contributed by atoms with Gasteiger partial charge in [-0.25, -0.2) is 9.37 Å². The van der Waals surface area contributed by atoms with Crippen LogP contribution in [0.4, 0.5) is 0 Å². The van der Waals surface area contributed by atoms with E-state index in [4.69, 9.17) is 4.74 Å². The van der Waals surface area contributed by atoms with E-state index in [2.05, 4.69) is 4.99 Å². The van der Waals surface area contributed by atoms with Crippen LogP contribution in [0.5, 0.6) is 0 Å². The van der Waals surface area contributed by atoms with Crippen molar-refractivity contribution >= 4 is 18.0 Å². The largest absolute Gasteiger partial charge is 0.462 e. The molecule has 2 aliphatic heterocycles. The maximum absolute atomic E-state index is 11.6. The van der Waals surface area contributed by atoms with Crippen molar-refractivity contribution in [2.75, 3.05) is 6.61 Å². The highest BCUT2D eigenvalue weighted by Crippen LogP contribution is 2.16. The number of nitrogens with zero attached hydrogens (tertiary/aromatic N) is 2. The molecule has 1 unspecified atom stereocenters. The molecule has 0 aromatic carbocycles. The summed E-state index contributed by atoms with van der Waals surface area (Å²) < 4.78 is 6.94. The van der Waals surface area contributed by atoms with Crippen molar-refractivity contribution in [3.63, 3.8) is 0 Å². The maximum Gasteiger partial charge on any atom is 0.338 e. The van der Waals surface area contributed by atoms with Crippen LogP contribution in [-0.4, -0.2) is 35.2 Å². The Bertz CT molecular complexity index is 416. The van der Waals surface area contributed by atoms with Gasteiger partial charge >= 0.3 is 5.97 Å². The number of carbonyl (C=O) groups excluding carboxylic acids is 1. The van der Waals surface area contributed by atoms with Gasteiger partial charge < -0.3 is 4.74 Å². The summed E-state index contributed by atoms with van der Waals surface area (Å²) in [6.45, 7) is 4.11. The standard InChI is InChI=1S/C11H13N2O2/c1-3-15-11(14)9-5-4-6-13-8(2)12-7-10(9)13/h4-7,10H,3H2,1-2H3/q+1. The van der Waals surface area contributed by atoms with E-state index in [1.54, 1.807) is 19.2 Å². The van der Waals surface area contributed by atoms with E-state index in [-0.39, 0.29) is 12.0 Å². The van der Waals surface area contributed by atoms with Gasteiger partial charge in [0.2, 0.25) is 0 Å². The van der Waals surface area contributed by atoms with E-state index >= 15 is 0 Å². The topological polar surface area (TPSA) is 41.7 Å². The molecule has 2 aliphatic rings. The first-order valence-corrected chi connectivity index (χ1v) is 4.95. The lowest BCUT2D eigenvalue weighted by atomic mass is 10.1. The van der Waals surface area contributed by atoms with Gasteiger partial charge in [-0.1, -0.05) is 4.99 Å². The van der Waals surface area contributed by atoms with Crippen molar-refractivity contribution in [1.29, 1.82) is 0 Å². The minimum atomic E-state index is -0.266. The number of aliphatic imine (C=N–C) groups is 1. The molecule has 0 saturated carbocycles. The number of fused-ring (bicyclic) bond motifs is 1. The van der Waals surface area contributed by atoms with Crippen LogP contribution >= 0.6 is 0 Å². The van der Waals surface area contributed by atoms with Gasteiger partial charge in [0.05, 0.1) is 18.4 Å². The number of ether oxygens (including phenoxy) is 1. The maximum atomic E-state index is 11.6. The van der Waals surface area contributed by atoms with Crippen molar-refractivity contribution in [2.24, 2.45) is 4.99 Å². The summed E-state index contributed by atoms with van der Waals surface area (Å²) in [5.74, 6) is 0.629. The van der Waals surface area contributed by atoms with Crippen LogP contribution in [0.25, 0.3) is 0 Å². The van der Waals surface area contributed by atoms with E-state index in [0.29, 0.717) is 12.2 Å². The summed E-state index contributed by atoms with van der Waals surface area (Å²) in [7, 11) is 0. The van der Waals surface area contributed by atoms with E-state index in [1.807, 2.05) is 23.8 Å². The molecule has 0 amide bonds. The van der Waals surface area contributed by atoms with Crippen molar-refractivity contribution in [3.05, 3.63) is 23.9 Å². The molecule has 78 valence electrons. The number of carbonyl (C=O) groups is 1. The minimum Gasteiger partial charge on any atom is -0.462 e. The van der Waals surface area contributed by atoms with Crippen LogP contribution in [0.1, 0.15) is 13.8 Å². The molecule has 0 fully saturated rings. The van der Waals surface area contributed by atoms with Gasteiger partial charge in [-0.2, -0.15) is 0 Å². The number of amidine groups is 1. The van der Waals surface area contributed by atoms with Gasteiger partial charge in [0.25, 0.3) is 5.84 Å². The SMILES string of the molecule is CCOC(=O)C1=CC=C[N+]2=C(C)N=CC12. The van der Waals surface area contributed by atoms with Crippen molar-refractivity contribution < 1.29 is 14.1 Å². The van der Waals surface area contributed by atoms with Crippen LogP contribution < -0.4 is 0 Å². The molecule has 0 bridgehead atoms. The Hall–Kier alpha value is -1.71. The number of hydrogen-bond acceptors (Lipinski definition) is 3. The molecule has 0 saturated heterocycles. The van der Waals surface area contributed by atoms with Gasteiger partial charge in [-0.05, 0) is 19.1 Å². The monoisotopic (exact) mass is 205 g/mol. The average molecular weight is 205 g/mol. The number of rotatable bonds is 2. The Labute approximate surface area is 88.3 Å². The lowest BCUT2D eigenvalue weighted by molar-refractivity contribution is -0.467. The normalized spacial score (nSPS) is 22.8. The number of esters is 1. The molecule has 4 nitrogen and oxygen atoms in total. The molecule has 0 N–H and O–H groups in total. The van der Waals surface area contributed by atoms with Gasteiger partial charge in [0.15, 0.2) is 12.3 Å². The summed E-state index contributed by atoms with van der Waals surface area (Å²) in [5.41, 5.74) is 0.639. The van der Waals surface area contributed by atoms with Crippen LogP contribution in [0.15, 0.2) is 28.9 Å². The predicted molar refractivity (Wildman–Crippen MR) is 57.1 cm³/mol. The average Bonchev–Trinajstić information content (AvgIpc) is 2.61. The Kier molecular flexibility index (Phi) is 2.49. The molecule has 0 aliphatic carbocycles. The molecule has 15 heavy (non-hydrogen) atoms. The Morgan fingerprint density at radius 3 is 3.20 bits per heavy atom. The van der Waals surface area contributed by atoms with Crippen molar-refractivity contribution in [2.45, 2.75) is 19.9 Å². The zero-order valence-corrected chi connectivity index (χ0v) is 8.80. The zero-order chi connectivity index (χ0) is 10.8. The first-order chi connectivity index (χ1) is 7.24. The second-order valence-electron chi connectivity index (χ2n) is 3.36. The smallest absolute Gasteiger partial charge is 0.338 e. The van der Waals surface area contributed by atoms with Crippen LogP contribution in [0.3, 0.4) is 0 Å². The second-order valence-corrected chi connectivity index (χ2v) is 3.36. The van der Waals surface area contributed by atoms with Gasteiger partial charge in [-0.3, -0.25) is 0 Å². The fourth-order valence-electron chi connectivity index (χ4n) is 1.69. The lowest BCUT2D eigenvalue weighted by Gasteiger charge is -2.13. The summed E-state index contributed by atoms with van der Waals surface area (Å²) in [4.78, 5) is 15.8. The molecule has 0 spiro atoms. The Balaban J connectivity index is 2.28. The first-order valence-electron chi connectivity index (χ1n) is 4.95. The van der Waals surface area contributed by atoms with E-state index in [1.165, 1.54) is 0 Å². The zero-order valence-electron chi connectivity index (χ0n) is 8.80. The molecule has 4 heteroatoms. The summed E-state index contributed by atoms with van der Waals surface area (Å²) >= 11 is 0. The predicted octanol–water partition coefficient (Wildman–Crippen LogP) is 0.887. The molecule has 1 atom stereocenters. The molecule has 2 rings (SSSR count). The van der Waals surface area contributed by atoms with Crippen molar-refractivity contribution in [1.82, 2.24) is 0 Å². The van der Waals surface area contributed by atoms with E-state index in [0.717, 1.165) is 5.84 Å². The second kappa shape index (κ2) is 3.81. The molecular weight excluding hydrogens is 192 g/mol. The quantitative estimate of drug-likeness (QED) is 0.496. The fraction of sp³-hybridized carbons (Fsp3) is 0.364. The highest BCUT2D eigenvalue weighted by Gasteiger charge is 2.34. The molecular formula is C11H13N2O2+. The molecule has 0 radical (unpaired) electrons. The van der Waals surface area contributed by atoms with Gasteiger partial charge in [-0.15, -0.1) is 0 Å². The van der Waals surface area contributed by atoms with E-state index in [9.17, 15) is 4.79 Å². The van der Waals surface area contributed by atoms with Crippen LogP contribution in [0.2, 0.25) is 0 Å². The highest BCUT2D eigenvalue weighted by atomic mass is 16.5. The van der Waals surface area contributed by atoms with E-state index < -0.39 is 0 Å². The fourth-order valence-corrected chi connectivity index (χ4v) is 1.69. The number of allylic oxidation sites excluding steroid dienone is 2. The molecule has 0 aromatic heterocycles. The minimum absolute atomic E-state index is 0.0888. The third-order valence-electron chi connectivity index (χ3n) is 2.43. The third kappa shape index (κ3) is 1.63. The number of hydrogen-bond donors (Lipinski definition) is 0. The van der Waals surface area contributed by atoms with Gasteiger partial charge in [0.1, 0.15) is 0 Å². The Morgan fingerprint density at radius 1 is 1.67 bits per heavy atom. The Morgan fingerprint density at radius 2 is 2.47 bits per heavy atom. The van der Waals surface area contributed by atoms with Crippen LogP contribution in [0, 0.1) is 0 Å². The van der Waals surface area contributed by atoms with Gasteiger partial charge in [0, 0.05) is 6.92 Å².